The molecule has 0 spiro atoms. The fourth-order valence-electron chi connectivity index (χ4n) is 2.11. The standard InChI is InChI=1S/C12H14N6/c1-7-4-5-9-11(14-7)18(12(13)15-9)10-6-17(3)16-8(10)2/h4-6H,1-3H3,(H2,13,15). The molecule has 0 atom stereocenters. The number of aryl methyl sites for hydroxylation is 3. The van der Waals surface area contributed by atoms with Crippen molar-refractivity contribution in [2.24, 2.45) is 7.05 Å². The van der Waals surface area contributed by atoms with Gasteiger partial charge in [-0.25, -0.2) is 9.97 Å². The van der Waals surface area contributed by atoms with E-state index in [4.69, 9.17) is 5.73 Å². The average Bonchev–Trinajstić information content (AvgIpc) is 2.77. The maximum absolute atomic E-state index is 5.99. The van der Waals surface area contributed by atoms with Crippen LogP contribution in [0.15, 0.2) is 18.3 Å². The number of anilines is 1. The van der Waals surface area contributed by atoms with Crippen molar-refractivity contribution >= 4 is 17.1 Å². The number of hydrogen-bond acceptors (Lipinski definition) is 4. The van der Waals surface area contributed by atoms with Crippen LogP contribution in [-0.2, 0) is 7.05 Å². The molecule has 0 aromatic carbocycles. The predicted molar refractivity (Wildman–Crippen MR) is 69.5 cm³/mol. The van der Waals surface area contributed by atoms with Gasteiger partial charge in [-0.15, -0.1) is 0 Å². The Morgan fingerprint density at radius 2 is 1.94 bits per heavy atom. The van der Waals surface area contributed by atoms with E-state index in [-0.39, 0.29) is 0 Å². The van der Waals surface area contributed by atoms with Gasteiger partial charge in [0.2, 0.25) is 5.95 Å². The van der Waals surface area contributed by atoms with Gasteiger partial charge < -0.3 is 5.73 Å². The van der Waals surface area contributed by atoms with Gasteiger partial charge in [0.15, 0.2) is 5.65 Å². The van der Waals surface area contributed by atoms with Crippen LogP contribution >= 0.6 is 0 Å². The molecule has 0 aliphatic carbocycles. The second kappa shape index (κ2) is 3.56. The van der Waals surface area contributed by atoms with Crippen molar-refractivity contribution in [2.45, 2.75) is 13.8 Å². The lowest BCUT2D eigenvalue weighted by molar-refractivity contribution is 0.756. The largest absolute Gasteiger partial charge is 0.369 e. The normalized spacial score (nSPS) is 11.3. The number of pyridine rings is 1. The molecular weight excluding hydrogens is 228 g/mol. The van der Waals surface area contributed by atoms with Gasteiger partial charge in [0, 0.05) is 18.9 Å². The van der Waals surface area contributed by atoms with Gasteiger partial charge in [0.1, 0.15) is 5.52 Å². The first kappa shape index (κ1) is 10.8. The zero-order valence-corrected chi connectivity index (χ0v) is 10.5. The molecule has 3 aromatic heterocycles. The summed E-state index contributed by atoms with van der Waals surface area (Å²) in [6, 6.07) is 3.85. The maximum Gasteiger partial charge on any atom is 0.207 e. The molecule has 0 aliphatic rings. The van der Waals surface area contributed by atoms with Gasteiger partial charge in [-0.3, -0.25) is 9.25 Å². The molecule has 92 valence electrons. The average molecular weight is 242 g/mol. The number of nitrogens with zero attached hydrogens (tertiary/aromatic N) is 5. The summed E-state index contributed by atoms with van der Waals surface area (Å²) >= 11 is 0. The molecule has 6 heteroatoms. The zero-order valence-electron chi connectivity index (χ0n) is 10.5. The number of fused-ring (bicyclic) bond motifs is 1. The van der Waals surface area contributed by atoms with Crippen LogP contribution in [0, 0.1) is 13.8 Å². The summed E-state index contributed by atoms with van der Waals surface area (Å²) in [5, 5.41) is 4.32. The third kappa shape index (κ3) is 1.46. The molecule has 0 amide bonds. The highest BCUT2D eigenvalue weighted by atomic mass is 15.3. The fourth-order valence-corrected chi connectivity index (χ4v) is 2.11. The number of aromatic nitrogens is 5. The van der Waals surface area contributed by atoms with Crippen molar-refractivity contribution in [3.05, 3.63) is 29.7 Å². The Morgan fingerprint density at radius 1 is 1.17 bits per heavy atom. The molecular formula is C12H14N6. The van der Waals surface area contributed by atoms with E-state index in [2.05, 4.69) is 15.1 Å². The number of nitrogen functional groups attached to an aromatic ring is 1. The van der Waals surface area contributed by atoms with Gasteiger partial charge in [0.25, 0.3) is 0 Å². The number of nitrogens with two attached hydrogens (primary N) is 1. The zero-order chi connectivity index (χ0) is 12.9. The van der Waals surface area contributed by atoms with Crippen LogP contribution in [0.1, 0.15) is 11.4 Å². The lowest BCUT2D eigenvalue weighted by Gasteiger charge is -2.03. The van der Waals surface area contributed by atoms with E-state index < -0.39 is 0 Å². The monoisotopic (exact) mass is 242 g/mol. The second-order valence-corrected chi connectivity index (χ2v) is 4.37. The van der Waals surface area contributed by atoms with Gasteiger partial charge in [0.05, 0.1) is 11.4 Å². The Kier molecular flexibility index (Phi) is 2.13. The molecule has 0 saturated carbocycles. The summed E-state index contributed by atoms with van der Waals surface area (Å²) in [6.45, 7) is 3.89. The first-order valence-electron chi connectivity index (χ1n) is 5.68. The molecule has 6 nitrogen and oxygen atoms in total. The molecule has 2 N–H and O–H groups in total. The Balaban J connectivity index is 2.37. The van der Waals surface area contributed by atoms with Gasteiger partial charge >= 0.3 is 0 Å². The Hall–Kier alpha value is -2.37. The number of hydrogen-bond donors (Lipinski definition) is 1. The molecule has 0 unspecified atom stereocenters. The van der Waals surface area contributed by atoms with E-state index in [0.29, 0.717) is 5.95 Å². The first-order chi connectivity index (χ1) is 8.56. The predicted octanol–water partition coefficient (Wildman–Crippen LogP) is 1.35. The molecule has 3 aromatic rings. The SMILES string of the molecule is Cc1ccc2nc(N)n(-c3cn(C)nc3C)c2n1. The van der Waals surface area contributed by atoms with Crippen LogP contribution in [0.4, 0.5) is 5.95 Å². The molecule has 0 fully saturated rings. The minimum atomic E-state index is 0.430. The maximum atomic E-state index is 5.99. The summed E-state index contributed by atoms with van der Waals surface area (Å²) in [4.78, 5) is 8.83. The third-order valence-corrected chi connectivity index (χ3v) is 2.90. The Bertz CT molecular complexity index is 736. The lowest BCUT2D eigenvalue weighted by Crippen LogP contribution is -2.02. The highest BCUT2D eigenvalue weighted by Gasteiger charge is 2.15. The van der Waals surface area contributed by atoms with E-state index in [0.717, 1.165) is 28.2 Å². The summed E-state index contributed by atoms with van der Waals surface area (Å²) in [5.74, 6) is 0.430. The summed E-state index contributed by atoms with van der Waals surface area (Å²) in [6.07, 6.45) is 1.91. The molecule has 0 bridgehead atoms. The smallest absolute Gasteiger partial charge is 0.207 e. The van der Waals surface area contributed by atoms with Crippen molar-refractivity contribution < 1.29 is 0 Å². The fraction of sp³-hybridized carbons (Fsp3) is 0.250. The van der Waals surface area contributed by atoms with Crippen LogP contribution in [0.25, 0.3) is 16.9 Å². The molecule has 3 rings (SSSR count). The van der Waals surface area contributed by atoms with E-state index in [9.17, 15) is 0 Å². The van der Waals surface area contributed by atoms with E-state index in [1.165, 1.54) is 0 Å². The van der Waals surface area contributed by atoms with Crippen molar-refractivity contribution in [2.75, 3.05) is 5.73 Å². The van der Waals surface area contributed by atoms with Crippen LogP contribution in [0.3, 0.4) is 0 Å². The van der Waals surface area contributed by atoms with Crippen LogP contribution in [0.5, 0.6) is 0 Å². The number of imidazole rings is 1. The minimum Gasteiger partial charge on any atom is -0.369 e. The molecule has 0 radical (unpaired) electrons. The Labute approximate surface area is 104 Å². The molecule has 3 heterocycles. The van der Waals surface area contributed by atoms with Crippen molar-refractivity contribution in [1.82, 2.24) is 24.3 Å². The topological polar surface area (TPSA) is 74.5 Å². The molecule has 18 heavy (non-hydrogen) atoms. The Morgan fingerprint density at radius 3 is 2.61 bits per heavy atom. The second-order valence-electron chi connectivity index (χ2n) is 4.37. The van der Waals surface area contributed by atoms with Crippen LogP contribution < -0.4 is 5.73 Å². The summed E-state index contributed by atoms with van der Waals surface area (Å²) < 4.78 is 3.59. The summed E-state index contributed by atoms with van der Waals surface area (Å²) in [7, 11) is 1.88. The molecule has 0 saturated heterocycles. The highest BCUT2D eigenvalue weighted by molar-refractivity contribution is 5.77. The van der Waals surface area contributed by atoms with Crippen molar-refractivity contribution in [3.8, 4) is 5.69 Å². The number of rotatable bonds is 1. The van der Waals surface area contributed by atoms with Gasteiger partial charge in [-0.05, 0) is 26.0 Å². The first-order valence-corrected chi connectivity index (χ1v) is 5.68. The third-order valence-electron chi connectivity index (χ3n) is 2.90. The van der Waals surface area contributed by atoms with E-state index >= 15 is 0 Å². The highest BCUT2D eigenvalue weighted by Crippen LogP contribution is 2.23. The molecule has 0 aliphatic heterocycles. The van der Waals surface area contributed by atoms with E-state index in [1.807, 2.05) is 43.8 Å². The van der Waals surface area contributed by atoms with Crippen LogP contribution in [-0.4, -0.2) is 24.3 Å². The van der Waals surface area contributed by atoms with Gasteiger partial charge in [-0.2, -0.15) is 5.10 Å². The van der Waals surface area contributed by atoms with Crippen LogP contribution in [0.2, 0.25) is 0 Å². The van der Waals surface area contributed by atoms with Crippen molar-refractivity contribution in [3.63, 3.8) is 0 Å². The van der Waals surface area contributed by atoms with Crippen molar-refractivity contribution in [1.29, 1.82) is 0 Å². The van der Waals surface area contributed by atoms with Gasteiger partial charge in [-0.1, -0.05) is 0 Å². The minimum absolute atomic E-state index is 0.430. The quantitative estimate of drug-likeness (QED) is 0.699. The summed E-state index contributed by atoms with van der Waals surface area (Å²) in [5.41, 5.74) is 10.3. The lowest BCUT2D eigenvalue weighted by atomic mass is 10.3. The van der Waals surface area contributed by atoms with E-state index in [1.54, 1.807) is 4.68 Å².